The van der Waals surface area contributed by atoms with E-state index in [0.717, 1.165) is 18.2 Å². The molecule has 176 valence electrons. The molecule has 0 aliphatic carbocycles. The van der Waals surface area contributed by atoms with Gasteiger partial charge in [0.25, 0.3) is 10.1 Å². The van der Waals surface area contributed by atoms with E-state index in [-0.39, 0.29) is 16.4 Å². The summed E-state index contributed by atoms with van der Waals surface area (Å²) in [5, 5.41) is 11.9. The van der Waals surface area contributed by atoms with Gasteiger partial charge in [0, 0.05) is 4.90 Å². The van der Waals surface area contributed by atoms with E-state index in [4.69, 9.17) is 14.7 Å². The Morgan fingerprint density at radius 3 is 2.06 bits per heavy atom. The maximum absolute atomic E-state index is 13.1. The SMILES string of the molecule is COc1ccc(Oc2ccc(S(=O)(=O)c3ccc(C)c(SOOO)c3)cc2S(=O)(=O)O)cc1. The van der Waals surface area contributed by atoms with E-state index in [0.29, 0.717) is 28.3 Å². The summed E-state index contributed by atoms with van der Waals surface area (Å²) in [5.41, 5.74) is 0.637. The van der Waals surface area contributed by atoms with Gasteiger partial charge in [0.05, 0.1) is 28.9 Å². The largest absolute Gasteiger partial charge is 0.497 e. The summed E-state index contributed by atoms with van der Waals surface area (Å²) in [6, 6.07) is 13.4. The molecule has 0 fully saturated rings. The van der Waals surface area contributed by atoms with Gasteiger partial charge in [-0.25, -0.2) is 13.7 Å². The zero-order valence-corrected chi connectivity index (χ0v) is 19.6. The first-order valence-corrected chi connectivity index (χ1v) is 12.7. The zero-order chi connectivity index (χ0) is 24.2. The van der Waals surface area contributed by atoms with Crippen LogP contribution in [0.1, 0.15) is 5.56 Å². The van der Waals surface area contributed by atoms with E-state index < -0.39 is 29.7 Å². The van der Waals surface area contributed by atoms with Crippen LogP contribution < -0.4 is 9.47 Å². The summed E-state index contributed by atoms with van der Waals surface area (Å²) in [5.74, 6) is 0.517. The Kier molecular flexibility index (Phi) is 7.64. The summed E-state index contributed by atoms with van der Waals surface area (Å²) in [7, 11) is -7.56. The average molecular weight is 515 g/mol. The first-order valence-electron chi connectivity index (χ1n) is 9.00. The maximum atomic E-state index is 13.1. The van der Waals surface area contributed by atoms with Gasteiger partial charge in [0.2, 0.25) is 9.84 Å². The molecule has 3 aromatic rings. The molecule has 0 atom stereocenters. The van der Waals surface area contributed by atoms with Crippen molar-refractivity contribution in [1.29, 1.82) is 0 Å². The van der Waals surface area contributed by atoms with Crippen molar-refractivity contribution in [2.24, 2.45) is 0 Å². The lowest BCUT2D eigenvalue weighted by molar-refractivity contribution is -0.432. The number of hydrogen-bond acceptors (Lipinski definition) is 10. The predicted molar refractivity (Wildman–Crippen MR) is 117 cm³/mol. The maximum Gasteiger partial charge on any atom is 0.298 e. The third-order valence-electron chi connectivity index (χ3n) is 4.41. The van der Waals surface area contributed by atoms with Crippen molar-refractivity contribution >= 4 is 32.0 Å². The van der Waals surface area contributed by atoms with Crippen molar-refractivity contribution < 1.29 is 45.5 Å². The molecule has 33 heavy (non-hydrogen) atoms. The summed E-state index contributed by atoms with van der Waals surface area (Å²) in [4.78, 5) is -0.962. The van der Waals surface area contributed by atoms with Gasteiger partial charge in [-0.3, -0.25) is 4.55 Å². The van der Waals surface area contributed by atoms with Crippen LogP contribution >= 0.6 is 12.0 Å². The third kappa shape index (κ3) is 5.83. The van der Waals surface area contributed by atoms with E-state index in [9.17, 15) is 21.4 Å². The summed E-state index contributed by atoms with van der Waals surface area (Å²) in [6.45, 7) is 1.68. The van der Waals surface area contributed by atoms with Gasteiger partial charge in [-0.2, -0.15) is 8.42 Å². The van der Waals surface area contributed by atoms with Crippen molar-refractivity contribution in [2.45, 2.75) is 26.5 Å². The topological polar surface area (TPSA) is 146 Å². The molecule has 0 bridgehead atoms. The molecule has 10 nitrogen and oxygen atoms in total. The molecule has 0 amide bonds. The normalized spacial score (nSPS) is 11.9. The number of hydrogen-bond donors (Lipinski definition) is 2. The highest BCUT2D eigenvalue weighted by Crippen LogP contribution is 2.34. The molecule has 0 spiro atoms. The molecular formula is C20H18O10S3. The highest BCUT2D eigenvalue weighted by Gasteiger charge is 2.25. The number of methoxy groups -OCH3 is 1. The number of benzene rings is 3. The Morgan fingerprint density at radius 1 is 0.848 bits per heavy atom. The second-order valence-corrected chi connectivity index (χ2v) is 10.6. The van der Waals surface area contributed by atoms with Crippen molar-refractivity contribution in [2.75, 3.05) is 7.11 Å². The molecule has 3 rings (SSSR count). The second-order valence-electron chi connectivity index (χ2n) is 6.52. The lowest BCUT2D eigenvalue weighted by Crippen LogP contribution is -2.07. The zero-order valence-electron chi connectivity index (χ0n) is 17.2. The van der Waals surface area contributed by atoms with Crippen LogP contribution in [-0.4, -0.2) is 33.8 Å². The molecule has 0 saturated heterocycles. The first-order chi connectivity index (χ1) is 15.6. The van der Waals surface area contributed by atoms with Gasteiger partial charge < -0.3 is 9.47 Å². The van der Waals surface area contributed by atoms with Crippen LogP contribution in [0.3, 0.4) is 0 Å². The standard InChI is InChI=1S/C20H18O10S3/c1-13-3-8-16(11-19(13)31-30-29-21)32(22,23)17-9-10-18(20(12-17)33(24,25)26)28-15-6-4-14(27-2)5-7-15/h3-12,21H,1-2H3,(H,24,25,26). The summed E-state index contributed by atoms with van der Waals surface area (Å²) >= 11 is 0.585. The van der Waals surface area contributed by atoms with E-state index in [1.54, 1.807) is 19.1 Å². The van der Waals surface area contributed by atoms with Crippen molar-refractivity contribution in [3.05, 3.63) is 66.2 Å². The summed E-state index contributed by atoms with van der Waals surface area (Å²) < 4.78 is 74.9. The minimum Gasteiger partial charge on any atom is -0.497 e. The van der Waals surface area contributed by atoms with E-state index in [2.05, 4.69) is 9.37 Å². The van der Waals surface area contributed by atoms with Crippen molar-refractivity contribution in [1.82, 2.24) is 0 Å². The smallest absolute Gasteiger partial charge is 0.298 e. The molecule has 0 aliphatic rings. The number of sulfone groups is 1. The van der Waals surface area contributed by atoms with Crippen LogP contribution in [0, 0.1) is 6.92 Å². The van der Waals surface area contributed by atoms with E-state index in [1.165, 1.54) is 37.4 Å². The lowest BCUT2D eigenvalue weighted by atomic mass is 10.2. The molecular weight excluding hydrogens is 496 g/mol. The molecule has 0 heterocycles. The fourth-order valence-corrected chi connectivity index (χ4v) is 5.32. The molecule has 0 aromatic heterocycles. The minimum atomic E-state index is -4.84. The van der Waals surface area contributed by atoms with Gasteiger partial charge in [-0.15, -0.1) is 4.33 Å². The van der Waals surface area contributed by atoms with Gasteiger partial charge in [-0.1, -0.05) is 11.1 Å². The highest BCUT2D eigenvalue weighted by molar-refractivity contribution is 7.94. The van der Waals surface area contributed by atoms with Crippen molar-refractivity contribution in [3.63, 3.8) is 0 Å². The second kappa shape index (κ2) is 10.1. The van der Waals surface area contributed by atoms with E-state index in [1.807, 2.05) is 0 Å². The fraction of sp³-hybridized carbons (Fsp3) is 0.100. The molecule has 0 saturated carbocycles. The molecule has 13 heteroatoms. The predicted octanol–water partition coefficient (Wildman–Crippen LogP) is 4.30. The molecule has 3 aromatic carbocycles. The van der Waals surface area contributed by atoms with Gasteiger partial charge >= 0.3 is 0 Å². The Labute approximate surface area is 194 Å². The fourth-order valence-electron chi connectivity index (χ4n) is 2.74. The number of aryl methyl sites for hydroxylation is 1. The molecule has 0 aliphatic heterocycles. The molecule has 0 unspecified atom stereocenters. The van der Waals surface area contributed by atoms with Gasteiger partial charge in [-0.05, 0) is 67.1 Å². The monoisotopic (exact) mass is 514 g/mol. The Hall–Kier alpha value is -2.65. The highest BCUT2D eigenvalue weighted by atomic mass is 32.2. The van der Waals surface area contributed by atoms with Gasteiger partial charge in [0.15, 0.2) is 0 Å². The van der Waals surface area contributed by atoms with Crippen LogP contribution in [0.5, 0.6) is 17.2 Å². The lowest BCUT2D eigenvalue weighted by Gasteiger charge is -2.13. The Morgan fingerprint density at radius 2 is 1.45 bits per heavy atom. The Bertz CT molecular complexity index is 1350. The van der Waals surface area contributed by atoms with Crippen LogP contribution in [0.4, 0.5) is 0 Å². The average Bonchev–Trinajstić information content (AvgIpc) is 2.78. The van der Waals surface area contributed by atoms with Crippen LogP contribution in [0.15, 0.2) is 80.2 Å². The quantitative estimate of drug-likeness (QED) is 0.182. The Balaban J connectivity index is 2.03. The van der Waals surface area contributed by atoms with Crippen LogP contribution in [0.25, 0.3) is 0 Å². The molecule has 2 N–H and O–H groups in total. The van der Waals surface area contributed by atoms with Gasteiger partial charge in [0.1, 0.15) is 22.1 Å². The first kappa shape index (κ1) is 25.0. The number of ether oxygens (including phenoxy) is 2. The minimum absolute atomic E-state index is 0.178. The third-order valence-corrected chi connectivity index (χ3v) is 7.79. The van der Waals surface area contributed by atoms with Crippen LogP contribution in [-0.2, 0) is 29.3 Å². The molecule has 0 radical (unpaired) electrons. The van der Waals surface area contributed by atoms with Crippen molar-refractivity contribution in [3.8, 4) is 17.2 Å². The summed E-state index contributed by atoms with van der Waals surface area (Å²) in [6.07, 6.45) is 0. The number of rotatable bonds is 9. The van der Waals surface area contributed by atoms with Crippen LogP contribution in [0.2, 0.25) is 0 Å². The van der Waals surface area contributed by atoms with E-state index >= 15 is 0 Å².